The first-order valence-electron chi connectivity index (χ1n) is 7.05. The number of ether oxygens (including phenoxy) is 1. The van der Waals surface area contributed by atoms with Crippen molar-refractivity contribution in [3.05, 3.63) is 33.1 Å². The molecule has 0 aliphatic carbocycles. The van der Waals surface area contributed by atoms with E-state index >= 15 is 0 Å². The summed E-state index contributed by atoms with van der Waals surface area (Å²) in [7, 11) is -17.6. The minimum atomic E-state index is -6.08. The number of nitrogens with zero attached hydrogens (tertiary/aromatic N) is 1. The van der Waals surface area contributed by atoms with Crippen molar-refractivity contribution < 1.29 is 56.3 Å². The third kappa shape index (κ3) is 6.81. The quantitative estimate of drug-likeness (QED) is 0.317. The Balaban J connectivity index is 1.99. The van der Waals surface area contributed by atoms with E-state index in [0.717, 1.165) is 16.8 Å². The lowest BCUT2D eigenvalue weighted by Crippen LogP contribution is -2.31. The van der Waals surface area contributed by atoms with E-state index in [1.165, 1.54) is 0 Å². The summed E-state index contributed by atoms with van der Waals surface area (Å²) in [5.41, 5.74) is -1.53. The van der Waals surface area contributed by atoms with Crippen LogP contribution in [-0.4, -0.2) is 38.4 Å². The van der Waals surface area contributed by atoms with Gasteiger partial charge in [-0.05, 0) is 0 Å². The summed E-state index contributed by atoms with van der Waals surface area (Å²) in [5, 5.41) is 9.88. The molecule has 19 heteroatoms. The second-order valence-corrected chi connectivity index (χ2v) is 9.56. The second-order valence-electron chi connectivity index (χ2n) is 5.27. The van der Waals surface area contributed by atoms with E-state index in [-0.39, 0.29) is 6.42 Å². The van der Waals surface area contributed by atoms with Crippen molar-refractivity contribution in [2.24, 2.45) is 0 Å². The van der Waals surface area contributed by atoms with E-state index in [9.17, 15) is 48.0 Å². The molecule has 0 radical (unpaired) electrons. The summed E-state index contributed by atoms with van der Waals surface area (Å²) < 4.78 is 49.8. The maximum Gasteiger partial charge on any atom is 0.478 e. The van der Waals surface area contributed by atoms with Crippen LogP contribution in [0, 0.1) is 0 Å². The molecule has 2 heterocycles. The number of H-pyrrole nitrogens is 1. The highest BCUT2D eigenvalue weighted by Gasteiger charge is 2.38. The highest BCUT2D eigenvalue weighted by atomic mass is 31.3. The van der Waals surface area contributed by atoms with Gasteiger partial charge in [-0.1, -0.05) is 0 Å². The molecule has 1 aliphatic rings. The number of aliphatic hydroxyl groups excluding tert-OH is 1. The van der Waals surface area contributed by atoms with E-state index in [0.29, 0.717) is 0 Å². The SMILES string of the molecule is O=c1ccn(C2CC(O)C(COP(=O)(O)OP(=O)([O-])OP(=O)([O-])[O-])O2)c(=O)[nH]1. The monoisotopic (exact) mass is 465 g/mol. The van der Waals surface area contributed by atoms with E-state index in [1.807, 2.05) is 4.98 Å². The zero-order valence-electron chi connectivity index (χ0n) is 13.4. The average molecular weight is 465 g/mol. The number of aliphatic hydroxyl groups is 1. The maximum absolute atomic E-state index is 11.7. The maximum atomic E-state index is 11.7. The lowest BCUT2D eigenvalue weighted by atomic mass is 10.2. The Kier molecular flexibility index (Phi) is 6.99. The Morgan fingerprint density at radius 2 is 1.89 bits per heavy atom. The Hall–Kier alpha value is -0.990. The van der Waals surface area contributed by atoms with Crippen LogP contribution < -0.4 is 25.9 Å². The number of phosphoric ester groups is 1. The molecule has 5 unspecified atom stereocenters. The van der Waals surface area contributed by atoms with E-state index in [4.69, 9.17) is 4.74 Å². The molecule has 0 saturated carbocycles. The van der Waals surface area contributed by atoms with E-state index in [2.05, 4.69) is 13.1 Å². The number of aromatic amines is 1. The predicted molar refractivity (Wildman–Crippen MR) is 79.0 cm³/mol. The smallest absolute Gasteiger partial charge is 0.478 e. The Bertz CT molecular complexity index is 965. The molecule has 160 valence electrons. The minimum Gasteiger partial charge on any atom is -0.790 e. The second kappa shape index (κ2) is 8.40. The van der Waals surface area contributed by atoms with Gasteiger partial charge < -0.3 is 34.0 Å². The van der Waals surface area contributed by atoms with Crippen molar-refractivity contribution in [2.45, 2.75) is 24.9 Å². The lowest BCUT2D eigenvalue weighted by molar-refractivity contribution is -0.339. The van der Waals surface area contributed by atoms with Crippen LogP contribution in [0.1, 0.15) is 12.6 Å². The third-order valence-corrected chi connectivity index (χ3v) is 6.87. The number of hydrogen-bond acceptors (Lipinski definition) is 13. The van der Waals surface area contributed by atoms with Crippen molar-refractivity contribution in [3.8, 4) is 0 Å². The fourth-order valence-corrected chi connectivity index (χ4v) is 5.05. The lowest BCUT2D eigenvalue weighted by Gasteiger charge is -2.35. The number of rotatable bonds is 8. The van der Waals surface area contributed by atoms with Crippen LogP contribution in [0.4, 0.5) is 0 Å². The topological polar surface area (TPSA) is 253 Å². The molecular formula is C9H12N2O14P3-3. The van der Waals surface area contributed by atoms with Gasteiger partial charge in [-0.2, -0.15) is 0 Å². The first kappa shape index (κ1) is 23.3. The van der Waals surface area contributed by atoms with Crippen molar-refractivity contribution in [1.82, 2.24) is 9.55 Å². The van der Waals surface area contributed by atoms with Crippen molar-refractivity contribution in [3.63, 3.8) is 0 Å². The normalized spacial score (nSPS) is 27.2. The Labute approximate surface area is 154 Å². The number of aromatic nitrogens is 2. The van der Waals surface area contributed by atoms with E-state index < -0.39 is 59.8 Å². The largest absolute Gasteiger partial charge is 0.790 e. The molecule has 28 heavy (non-hydrogen) atoms. The molecule has 1 aliphatic heterocycles. The molecule has 0 bridgehead atoms. The van der Waals surface area contributed by atoms with Crippen LogP contribution in [0.15, 0.2) is 21.9 Å². The number of hydrogen-bond donors (Lipinski definition) is 3. The molecule has 16 nitrogen and oxygen atoms in total. The number of nitrogens with one attached hydrogen (secondary N) is 1. The molecule has 1 fully saturated rings. The van der Waals surface area contributed by atoms with Gasteiger partial charge in [0.1, 0.15) is 12.3 Å². The predicted octanol–water partition coefficient (Wildman–Crippen LogP) is -3.37. The van der Waals surface area contributed by atoms with Gasteiger partial charge in [-0.3, -0.25) is 27.7 Å². The van der Waals surface area contributed by atoms with Crippen molar-refractivity contribution >= 4 is 23.5 Å². The van der Waals surface area contributed by atoms with E-state index in [1.54, 1.807) is 0 Å². The van der Waals surface area contributed by atoms with Gasteiger partial charge in [0.25, 0.3) is 13.4 Å². The van der Waals surface area contributed by atoms with Crippen LogP contribution in [-0.2, 0) is 31.6 Å². The van der Waals surface area contributed by atoms with Crippen LogP contribution >= 0.6 is 23.5 Å². The summed E-state index contributed by atoms with van der Waals surface area (Å²) >= 11 is 0. The molecule has 3 N–H and O–H groups in total. The number of phosphoric acid groups is 3. The summed E-state index contributed by atoms with van der Waals surface area (Å²) in [4.78, 5) is 65.5. The third-order valence-electron chi connectivity index (χ3n) is 3.17. The fourth-order valence-electron chi connectivity index (χ4n) is 2.14. The summed E-state index contributed by atoms with van der Waals surface area (Å²) in [6.45, 7) is -0.935. The molecule has 0 aromatic carbocycles. The van der Waals surface area contributed by atoms with Gasteiger partial charge >= 0.3 is 13.5 Å². The molecule has 1 saturated heterocycles. The van der Waals surface area contributed by atoms with Crippen molar-refractivity contribution in [1.29, 1.82) is 0 Å². The summed E-state index contributed by atoms with van der Waals surface area (Å²) in [5.74, 6) is 0. The first-order chi connectivity index (χ1) is 12.7. The minimum absolute atomic E-state index is 0.199. The fraction of sp³-hybridized carbons (Fsp3) is 0.556. The highest BCUT2D eigenvalue weighted by Crippen LogP contribution is 2.62. The molecular weight excluding hydrogens is 453 g/mol. The zero-order valence-corrected chi connectivity index (χ0v) is 16.1. The van der Waals surface area contributed by atoms with Crippen LogP contribution in [0.25, 0.3) is 0 Å². The van der Waals surface area contributed by atoms with Gasteiger partial charge in [0.2, 0.25) is 0 Å². The highest BCUT2D eigenvalue weighted by molar-refractivity contribution is 7.65. The first-order valence-corrected chi connectivity index (χ1v) is 11.5. The summed E-state index contributed by atoms with van der Waals surface area (Å²) in [6, 6.07) is 1.01. The molecule has 1 aromatic heterocycles. The summed E-state index contributed by atoms with van der Waals surface area (Å²) in [6.07, 6.45) is -2.90. The van der Waals surface area contributed by atoms with Gasteiger partial charge in [-0.15, -0.1) is 0 Å². The standard InChI is InChI=1S/C9H15N2O14P3/c12-5-3-8(11-2-1-7(13)10-9(11)14)23-6(5)4-22-27(18,19)25-28(20,21)24-26(15,16)17/h1-2,5-6,8,12H,3-4H2,(H,18,19)(H,20,21)(H,10,13,14)(H2,15,16,17)/p-3. The Morgan fingerprint density at radius 3 is 2.46 bits per heavy atom. The zero-order chi connectivity index (χ0) is 21.3. The molecule has 0 spiro atoms. The Morgan fingerprint density at radius 1 is 1.25 bits per heavy atom. The van der Waals surface area contributed by atoms with Crippen LogP contribution in [0.2, 0.25) is 0 Å². The van der Waals surface area contributed by atoms with Gasteiger partial charge in [0, 0.05) is 18.7 Å². The molecule has 1 aromatic rings. The molecule has 5 atom stereocenters. The van der Waals surface area contributed by atoms with Crippen LogP contribution in [0.3, 0.4) is 0 Å². The van der Waals surface area contributed by atoms with Gasteiger partial charge in [0.05, 0.1) is 20.5 Å². The van der Waals surface area contributed by atoms with Gasteiger partial charge in [0.15, 0.2) is 0 Å². The average Bonchev–Trinajstić information content (AvgIpc) is 2.82. The van der Waals surface area contributed by atoms with Crippen molar-refractivity contribution in [2.75, 3.05) is 6.61 Å². The van der Waals surface area contributed by atoms with Gasteiger partial charge in [-0.25, -0.2) is 13.7 Å². The van der Waals surface area contributed by atoms with Crippen LogP contribution in [0.5, 0.6) is 0 Å². The molecule has 2 rings (SSSR count). The molecule has 0 amide bonds.